The molecule has 1 heterocycles. The van der Waals surface area contributed by atoms with Crippen molar-refractivity contribution in [1.29, 1.82) is 0 Å². The first-order valence-electron chi connectivity index (χ1n) is 4.29. The van der Waals surface area contributed by atoms with Crippen molar-refractivity contribution in [3.05, 3.63) is 21.9 Å². The molecule has 0 spiro atoms. The van der Waals surface area contributed by atoms with E-state index in [0.717, 1.165) is 10.4 Å². The number of nitrogens with one attached hydrogen (secondary N) is 1. The zero-order valence-corrected chi connectivity index (χ0v) is 8.63. The van der Waals surface area contributed by atoms with Crippen molar-refractivity contribution >= 4 is 11.3 Å². The number of hydrogen-bond donors (Lipinski definition) is 1. The van der Waals surface area contributed by atoms with E-state index in [1.54, 1.807) is 11.3 Å². The summed E-state index contributed by atoms with van der Waals surface area (Å²) in [5.74, 6) is 0. The summed E-state index contributed by atoms with van der Waals surface area (Å²) in [6.45, 7) is 2.47. The lowest BCUT2D eigenvalue weighted by atomic mass is 10.3. The molecule has 1 aromatic rings. The zero-order valence-electron chi connectivity index (χ0n) is 7.82. The van der Waals surface area contributed by atoms with Gasteiger partial charge in [0.05, 0.1) is 6.42 Å². The van der Waals surface area contributed by atoms with E-state index in [0.29, 0.717) is 6.54 Å². The molecule has 1 aromatic heterocycles. The largest absolute Gasteiger partial charge is 0.390 e. The maximum absolute atomic E-state index is 11.8. The summed E-state index contributed by atoms with van der Waals surface area (Å²) in [5, 5.41) is 4.72. The third kappa shape index (κ3) is 4.11. The monoisotopic (exact) mass is 223 g/mol. The van der Waals surface area contributed by atoms with Crippen LogP contribution < -0.4 is 5.32 Å². The minimum atomic E-state index is -4.06. The highest BCUT2D eigenvalue weighted by Crippen LogP contribution is 2.19. The number of hydrogen-bond acceptors (Lipinski definition) is 2. The number of rotatable bonds is 4. The first kappa shape index (κ1) is 11.5. The molecule has 80 valence electrons. The van der Waals surface area contributed by atoms with Gasteiger partial charge in [-0.3, -0.25) is 0 Å². The predicted molar refractivity (Wildman–Crippen MR) is 51.4 cm³/mol. The first-order chi connectivity index (χ1) is 6.49. The molecule has 1 N–H and O–H groups in total. The molecule has 0 saturated carbocycles. The summed E-state index contributed by atoms with van der Waals surface area (Å²) in [4.78, 5) is 1.10. The number of alkyl halides is 3. The summed E-state index contributed by atoms with van der Waals surface area (Å²) < 4.78 is 35.3. The van der Waals surface area contributed by atoms with E-state index in [1.165, 1.54) is 0 Å². The Labute approximate surface area is 84.9 Å². The lowest BCUT2D eigenvalue weighted by molar-refractivity contribution is -0.133. The first-order valence-corrected chi connectivity index (χ1v) is 5.17. The van der Waals surface area contributed by atoms with Crippen LogP contribution in [-0.2, 0) is 6.54 Å². The third-order valence-electron chi connectivity index (χ3n) is 1.84. The summed E-state index contributed by atoms with van der Waals surface area (Å²) in [5.41, 5.74) is 1.13. The van der Waals surface area contributed by atoms with Crippen molar-refractivity contribution < 1.29 is 13.2 Å². The summed E-state index contributed by atoms with van der Waals surface area (Å²) in [7, 11) is 0. The highest BCUT2D eigenvalue weighted by atomic mass is 32.1. The summed E-state index contributed by atoms with van der Waals surface area (Å²) >= 11 is 1.56. The molecule has 0 aromatic carbocycles. The van der Waals surface area contributed by atoms with Crippen LogP contribution >= 0.6 is 11.3 Å². The minimum Gasteiger partial charge on any atom is -0.312 e. The fourth-order valence-corrected chi connectivity index (χ4v) is 1.89. The highest BCUT2D eigenvalue weighted by Gasteiger charge is 2.25. The fourth-order valence-electron chi connectivity index (χ4n) is 1.02. The molecule has 1 rings (SSSR count). The number of aryl methyl sites for hydroxylation is 1. The lowest BCUT2D eigenvalue weighted by Gasteiger charge is -2.07. The van der Waals surface area contributed by atoms with Crippen LogP contribution in [0.15, 0.2) is 11.4 Å². The van der Waals surface area contributed by atoms with Gasteiger partial charge in [0.15, 0.2) is 0 Å². The molecular weight excluding hydrogens is 211 g/mol. The molecule has 0 aliphatic carbocycles. The van der Waals surface area contributed by atoms with Gasteiger partial charge < -0.3 is 5.32 Å². The van der Waals surface area contributed by atoms with Crippen LogP contribution in [0.5, 0.6) is 0 Å². The molecule has 0 bridgehead atoms. The second-order valence-corrected chi connectivity index (χ2v) is 4.07. The maximum Gasteiger partial charge on any atom is 0.390 e. The van der Waals surface area contributed by atoms with Gasteiger partial charge in [-0.2, -0.15) is 13.2 Å². The maximum atomic E-state index is 11.8. The molecular formula is C9H12F3NS. The number of thiophene rings is 1. The van der Waals surface area contributed by atoms with Gasteiger partial charge in [-0.25, -0.2) is 0 Å². The molecule has 0 unspecified atom stereocenters. The van der Waals surface area contributed by atoms with Crippen LogP contribution in [0.2, 0.25) is 0 Å². The number of halogens is 3. The van der Waals surface area contributed by atoms with Crippen LogP contribution in [-0.4, -0.2) is 12.7 Å². The van der Waals surface area contributed by atoms with E-state index in [1.807, 2.05) is 18.4 Å². The average molecular weight is 223 g/mol. The Morgan fingerprint density at radius 3 is 2.64 bits per heavy atom. The molecule has 1 nitrogen and oxygen atoms in total. The Balaban J connectivity index is 2.20. The fraction of sp³-hybridized carbons (Fsp3) is 0.556. The van der Waals surface area contributed by atoms with Gasteiger partial charge in [-0.15, -0.1) is 11.3 Å². The van der Waals surface area contributed by atoms with Crippen LogP contribution in [0.4, 0.5) is 13.2 Å². The van der Waals surface area contributed by atoms with Gasteiger partial charge in [0, 0.05) is 18.0 Å². The molecule has 0 amide bonds. The Kier molecular flexibility index (Phi) is 3.95. The van der Waals surface area contributed by atoms with Crippen molar-refractivity contribution in [3.63, 3.8) is 0 Å². The Hall–Kier alpha value is -0.550. The van der Waals surface area contributed by atoms with E-state index in [-0.39, 0.29) is 6.54 Å². The zero-order chi connectivity index (χ0) is 10.6. The summed E-state index contributed by atoms with van der Waals surface area (Å²) in [6.07, 6.45) is -4.82. The van der Waals surface area contributed by atoms with Gasteiger partial charge in [-0.05, 0) is 23.9 Å². The van der Waals surface area contributed by atoms with Gasteiger partial charge in [0.2, 0.25) is 0 Å². The molecule has 0 aliphatic rings. The predicted octanol–water partition coefficient (Wildman–Crippen LogP) is 3.10. The normalized spacial score (nSPS) is 12.0. The van der Waals surface area contributed by atoms with E-state index in [9.17, 15) is 13.2 Å². The van der Waals surface area contributed by atoms with Gasteiger partial charge in [0.1, 0.15) is 0 Å². The third-order valence-corrected chi connectivity index (χ3v) is 2.86. The van der Waals surface area contributed by atoms with Gasteiger partial charge in [0.25, 0.3) is 0 Å². The lowest BCUT2D eigenvalue weighted by Crippen LogP contribution is -2.21. The molecule has 14 heavy (non-hydrogen) atoms. The van der Waals surface area contributed by atoms with Crippen LogP contribution in [0.1, 0.15) is 16.9 Å². The van der Waals surface area contributed by atoms with Gasteiger partial charge >= 0.3 is 6.18 Å². The quantitative estimate of drug-likeness (QED) is 0.773. The second-order valence-electron chi connectivity index (χ2n) is 3.07. The van der Waals surface area contributed by atoms with E-state index >= 15 is 0 Å². The Morgan fingerprint density at radius 2 is 2.14 bits per heavy atom. The molecule has 0 fully saturated rings. The van der Waals surface area contributed by atoms with Crippen LogP contribution in [0.3, 0.4) is 0 Å². The van der Waals surface area contributed by atoms with Crippen LogP contribution in [0.25, 0.3) is 0 Å². The summed E-state index contributed by atoms with van der Waals surface area (Å²) in [6, 6.07) is 1.96. The van der Waals surface area contributed by atoms with Crippen molar-refractivity contribution in [2.45, 2.75) is 26.1 Å². The Morgan fingerprint density at radius 1 is 1.43 bits per heavy atom. The Bertz CT molecular complexity index is 280. The molecule has 0 atom stereocenters. The van der Waals surface area contributed by atoms with Crippen molar-refractivity contribution in [1.82, 2.24) is 5.32 Å². The topological polar surface area (TPSA) is 12.0 Å². The van der Waals surface area contributed by atoms with Crippen LogP contribution in [0, 0.1) is 6.92 Å². The minimum absolute atomic E-state index is 0.0131. The van der Waals surface area contributed by atoms with Crippen molar-refractivity contribution in [2.24, 2.45) is 0 Å². The highest BCUT2D eigenvalue weighted by molar-refractivity contribution is 7.10. The molecule has 5 heteroatoms. The van der Waals surface area contributed by atoms with E-state index in [2.05, 4.69) is 5.32 Å². The molecule has 0 aliphatic heterocycles. The molecule has 0 radical (unpaired) electrons. The standard InChI is InChI=1S/C9H12F3NS/c1-7-2-5-14-8(7)6-13-4-3-9(10,11)12/h2,5,13H,3-4,6H2,1H3. The van der Waals surface area contributed by atoms with E-state index in [4.69, 9.17) is 0 Å². The van der Waals surface area contributed by atoms with E-state index < -0.39 is 12.6 Å². The second kappa shape index (κ2) is 4.79. The SMILES string of the molecule is Cc1ccsc1CNCCC(F)(F)F. The smallest absolute Gasteiger partial charge is 0.312 e. The van der Waals surface area contributed by atoms with Crippen molar-refractivity contribution in [2.75, 3.05) is 6.54 Å². The van der Waals surface area contributed by atoms with Gasteiger partial charge in [-0.1, -0.05) is 0 Å². The molecule has 0 saturated heterocycles. The average Bonchev–Trinajstić information content (AvgIpc) is 2.44. The van der Waals surface area contributed by atoms with Crippen molar-refractivity contribution in [3.8, 4) is 0 Å².